The lowest BCUT2D eigenvalue weighted by Crippen LogP contribution is -2.24. The summed E-state index contributed by atoms with van der Waals surface area (Å²) < 4.78 is 10.7. The molecule has 0 saturated heterocycles. The molecule has 27 heavy (non-hydrogen) atoms. The Morgan fingerprint density at radius 2 is 2.00 bits per heavy atom. The minimum atomic E-state index is -0.0188. The fourth-order valence-electron chi connectivity index (χ4n) is 2.96. The zero-order valence-electron chi connectivity index (χ0n) is 15.0. The highest BCUT2D eigenvalue weighted by Crippen LogP contribution is 2.32. The summed E-state index contributed by atoms with van der Waals surface area (Å²) in [5, 5.41) is 5.01. The molecular formula is C21H20N2O3S. The van der Waals surface area contributed by atoms with Gasteiger partial charge in [0.05, 0.1) is 11.3 Å². The van der Waals surface area contributed by atoms with Gasteiger partial charge in [0, 0.05) is 11.9 Å². The second-order valence-corrected chi connectivity index (χ2v) is 7.22. The number of nitrogens with one attached hydrogen (secondary N) is 1. The maximum atomic E-state index is 12.3. The number of nitrogens with zero attached hydrogens (tertiary/aromatic N) is 1. The predicted molar refractivity (Wildman–Crippen MR) is 106 cm³/mol. The molecule has 1 N–H and O–H groups in total. The molecule has 2 heterocycles. The van der Waals surface area contributed by atoms with Crippen LogP contribution >= 0.6 is 11.8 Å². The fourth-order valence-corrected chi connectivity index (χ4v) is 3.88. The molecular weight excluding hydrogens is 360 g/mol. The number of rotatable bonds is 6. The molecule has 1 aliphatic heterocycles. The van der Waals surface area contributed by atoms with Crippen molar-refractivity contribution in [3.63, 3.8) is 0 Å². The maximum absolute atomic E-state index is 12.3. The van der Waals surface area contributed by atoms with Gasteiger partial charge < -0.3 is 14.8 Å². The number of pyridine rings is 1. The number of thioether (sulfide) groups is 1. The predicted octanol–water partition coefficient (Wildman–Crippen LogP) is 3.93. The Morgan fingerprint density at radius 3 is 2.89 bits per heavy atom. The molecule has 6 heteroatoms. The number of carbonyl (C=O) groups excluding carboxylic acids is 1. The highest BCUT2D eigenvalue weighted by molar-refractivity contribution is 7.99. The average molecular weight is 380 g/mol. The van der Waals surface area contributed by atoms with E-state index in [2.05, 4.69) is 24.4 Å². The Bertz CT molecular complexity index is 990. The van der Waals surface area contributed by atoms with Crippen molar-refractivity contribution < 1.29 is 14.3 Å². The first-order chi connectivity index (χ1) is 13.2. The van der Waals surface area contributed by atoms with E-state index in [1.807, 2.05) is 36.4 Å². The monoisotopic (exact) mass is 380 g/mol. The summed E-state index contributed by atoms with van der Waals surface area (Å²) in [7, 11) is 0. The SMILES string of the molecule is CCc1cc2ccccc2nc1SCC(=O)NCc1ccc2c(c1)OCO2. The third-order valence-electron chi connectivity index (χ3n) is 4.41. The van der Waals surface area contributed by atoms with E-state index < -0.39 is 0 Å². The quantitative estimate of drug-likeness (QED) is 0.657. The first kappa shape index (κ1) is 17.7. The van der Waals surface area contributed by atoms with Crippen molar-refractivity contribution in [2.45, 2.75) is 24.9 Å². The maximum Gasteiger partial charge on any atom is 0.231 e. The van der Waals surface area contributed by atoms with Gasteiger partial charge in [-0.05, 0) is 41.8 Å². The Balaban J connectivity index is 1.37. The van der Waals surface area contributed by atoms with E-state index >= 15 is 0 Å². The fraction of sp³-hybridized carbons (Fsp3) is 0.238. The summed E-state index contributed by atoms with van der Waals surface area (Å²) in [4.78, 5) is 17.0. The van der Waals surface area contributed by atoms with E-state index in [-0.39, 0.29) is 12.7 Å². The average Bonchev–Trinajstić information content (AvgIpc) is 3.17. The Hall–Kier alpha value is -2.73. The summed E-state index contributed by atoms with van der Waals surface area (Å²) in [6.07, 6.45) is 0.888. The van der Waals surface area contributed by atoms with Crippen molar-refractivity contribution in [3.05, 3.63) is 59.7 Å². The van der Waals surface area contributed by atoms with Gasteiger partial charge in [-0.3, -0.25) is 4.79 Å². The van der Waals surface area contributed by atoms with Crippen molar-refractivity contribution in [1.82, 2.24) is 10.3 Å². The van der Waals surface area contributed by atoms with Crippen LogP contribution in [0.25, 0.3) is 10.9 Å². The largest absolute Gasteiger partial charge is 0.454 e. The molecule has 2 aromatic carbocycles. The first-order valence-electron chi connectivity index (χ1n) is 8.89. The molecule has 1 aromatic heterocycles. The number of aromatic nitrogens is 1. The van der Waals surface area contributed by atoms with Crippen LogP contribution in [0.5, 0.6) is 11.5 Å². The number of para-hydroxylation sites is 1. The number of benzene rings is 2. The standard InChI is InChI=1S/C21H20N2O3S/c1-2-15-10-16-5-3-4-6-17(16)23-21(15)27-12-20(24)22-11-14-7-8-18-19(9-14)26-13-25-18/h3-10H,2,11-13H2,1H3,(H,22,24). The van der Waals surface area contributed by atoms with Crippen LogP contribution < -0.4 is 14.8 Å². The zero-order chi connectivity index (χ0) is 18.6. The van der Waals surface area contributed by atoms with Gasteiger partial charge in [0.1, 0.15) is 5.03 Å². The molecule has 0 unspecified atom stereocenters. The second kappa shape index (κ2) is 7.88. The summed E-state index contributed by atoms with van der Waals surface area (Å²) in [5.41, 5.74) is 3.11. The lowest BCUT2D eigenvalue weighted by molar-refractivity contribution is -0.118. The second-order valence-electron chi connectivity index (χ2n) is 6.25. The van der Waals surface area contributed by atoms with Gasteiger partial charge in [0.2, 0.25) is 12.7 Å². The normalized spacial score (nSPS) is 12.3. The highest BCUT2D eigenvalue weighted by atomic mass is 32.2. The van der Waals surface area contributed by atoms with Gasteiger partial charge >= 0.3 is 0 Å². The number of ether oxygens (including phenoxy) is 2. The van der Waals surface area contributed by atoms with E-state index in [4.69, 9.17) is 14.5 Å². The lowest BCUT2D eigenvalue weighted by Gasteiger charge is -2.09. The van der Waals surface area contributed by atoms with E-state index in [1.54, 1.807) is 0 Å². The van der Waals surface area contributed by atoms with Crippen LogP contribution in [0.2, 0.25) is 0 Å². The number of hydrogen-bond donors (Lipinski definition) is 1. The third-order valence-corrected chi connectivity index (χ3v) is 5.44. The lowest BCUT2D eigenvalue weighted by atomic mass is 10.1. The molecule has 1 amide bonds. The van der Waals surface area contributed by atoms with Crippen molar-refractivity contribution in [2.24, 2.45) is 0 Å². The third kappa shape index (κ3) is 4.01. The summed E-state index contributed by atoms with van der Waals surface area (Å²) in [6.45, 7) is 2.82. The molecule has 4 rings (SSSR count). The summed E-state index contributed by atoms with van der Waals surface area (Å²) in [6, 6.07) is 15.9. The van der Waals surface area contributed by atoms with Gasteiger partial charge in [0.25, 0.3) is 0 Å². The summed E-state index contributed by atoms with van der Waals surface area (Å²) in [5.74, 6) is 1.79. The van der Waals surface area contributed by atoms with Crippen LogP contribution in [-0.2, 0) is 17.8 Å². The highest BCUT2D eigenvalue weighted by Gasteiger charge is 2.14. The molecule has 0 atom stereocenters. The molecule has 138 valence electrons. The van der Waals surface area contributed by atoms with E-state index in [0.717, 1.165) is 39.4 Å². The van der Waals surface area contributed by atoms with E-state index in [1.165, 1.54) is 17.3 Å². The summed E-state index contributed by atoms with van der Waals surface area (Å²) >= 11 is 1.48. The van der Waals surface area contributed by atoms with Crippen molar-refractivity contribution in [1.29, 1.82) is 0 Å². The molecule has 0 spiro atoms. The van der Waals surface area contributed by atoms with Crippen molar-refractivity contribution in [3.8, 4) is 11.5 Å². The van der Waals surface area contributed by atoms with Gasteiger partial charge in [-0.25, -0.2) is 4.98 Å². The van der Waals surface area contributed by atoms with Gasteiger partial charge in [-0.2, -0.15) is 0 Å². The van der Waals surface area contributed by atoms with Crippen LogP contribution in [0.15, 0.2) is 53.6 Å². The Labute approximate surface area is 162 Å². The minimum absolute atomic E-state index is 0.0188. The van der Waals surface area contributed by atoms with Crippen molar-refractivity contribution in [2.75, 3.05) is 12.5 Å². The zero-order valence-corrected chi connectivity index (χ0v) is 15.8. The number of carbonyl (C=O) groups is 1. The Kier molecular flexibility index (Phi) is 5.16. The smallest absolute Gasteiger partial charge is 0.231 e. The van der Waals surface area contributed by atoms with Crippen LogP contribution in [0, 0.1) is 0 Å². The molecule has 0 radical (unpaired) electrons. The van der Waals surface area contributed by atoms with Crippen LogP contribution in [0.1, 0.15) is 18.1 Å². The van der Waals surface area contributed by atoms with E-state index in [9.17, 15) is 4.79 Å². The van der Waals surface area contributed by atoms with Crippen molar-refractivity contribution >= 4 is 28.6 Å². The molecule has 3 aromatic rings. The van der Waals surface area contributed by atoms with Crippen LogP contribution in [-0.4, -0.2) is 23.4 Å². The number of hydrogen-bond acceptors (Lipinski definition) is 5. The minimum Gasteiger partial charge on any atom is -0.454 e. The van der Waals surface area contributed by atoms with Gasteiger partial charge in [-0.15, -0.1) is 0 Å². The van der Waals surface area contributed by atoms with Gasteiger partial charge in [-0.1, -0.05) is 43.0 Å². The number of aryl methyl sites for hydroxylation is 1. The molecule has 1 aliphatic rings. The molecule has 0 bridgehead atoms. The van der Waals surface area contributed by atoms with Crippen LogP contribution in [0.4, 0.5) is 0 Å². The number of fused-ring (bicyclic) bond motifs is 2. The van der Waals surface area contributed by atoms with Gasteiger partial charge in [0.15, 0.2) is 11.5 Å². The molecule has 0 saturated carbocycles. The molecule has 0 fully saturated rings. The Morgan fingerprint density at radius 1 is 1.15 bits per heavy atom. The topological polar surface area (TPSA) is 60.5 Å². The molecule has 5 nitrogen and oxygen atoms in total. The molecule has 0 aliphatic carbocycles. The first-order valence-corrected chi connectivity index (χ1v) is 9.88. The number of amides is 1. The van der Waals surface area contributed by atoms with Crippen LogP contribution in [0.3, 0.4) is 0 Å². The van der Waals surface area contributed by atoms with E-state index in [0.29, 0.717) is 12.3 Å².